The number of anilines is 1. The Bertz CT molecular complexity index is 771. The molecule has 0 radical (unpaired) electrons. The second-order valence-electron chi connectivity index (χ2n) is 6.60. The fraction of sp³-hybridized carbons (Fsp3) is 0.316. The summed E-state index contributed by atoms with van der Waals surface area (Å²) >= 11 is 0. The number of amides is 2. The Morgan fingerprint density at radius 3 is 2.58 bits per heavy atom. The number of benzene rings is 1. The molecule has 0 saturated carbocycles. The van der Waals surface area contributed by atoms with Gasteiger partial charge in [0, 0.05) is 18.1 Å². The van der Waals surface area contributed by atoms with Gasteiger partial charge >= 0.3 is 0 Å². The summed E-state index contributed by atoms with van der Waals surface area (Å²) in [6.45, 7) is 5.73. The maximum absolute atomic E-state index is 12.7. The van der Waals surface area contributed by atoms with Crippen LogP contribution in [0.1, 0.15) is 37.9 Å². The molecule has 1 aromatic heterocycles. The van der Waals surface area contributed by atoms with Gasteiger partial charge in [0.25, 0.3) is 0 Å². The van der Waals surface area contributed by atoms with Gasteiger partial charge in [-0.05, 0) is 50.1 Å². The van der Waals surface area contributed by atoms with Crippen molar-refractivity contribution in [1.29, 1.82) is 0 Å². The van der Waals surface area contributed by atoms with Crippen LogP contribution in [0.5, 0.6) is 0 Å². The molecule has 1 aliphatic rings. The zero-order chi connectivity index (χ0) is 17.3. The van der Waals surface area contributed by atoms with E-state index in [0.29, 0.717) is 0 Å². The molecule has 5 nitrogen and oxygen atoms in total. The summed E-state index contributed by atoms with van der Waals surface area (Å²) in [6, 6.07) is 11.2. The van der Waals surface area contributed by atoms with Crippen molar-refractivity contribution in [3.8, 4) is 0 Å². The molecule has 5 heteroatoms. The van der Waals surface area contributed by atoms with Gasteiger partial charge < -0.3 is 10.2 Å². The van der Waals surface area contributed by atoms with E-state index in [1.807, 2.05) is 57.2 Å². The fourth-order valence-corrected chi connectivity index (χ4v) is 3.12. The summed E-state index contributed by atoms with van der Waals surface area (Å²) in [6.07, 6.45) is 3.39. The maximum atomic E-state index is 12.7. The molecule has 124 valence electrons. The smallest absolute Gasteiger partial charge is 0.240 e. The van der Waals surface area contributed by atoms with E-state index in [1.165, 1.54) is 0 Å². The SMILES string of the molecule is CC(NC(=O)CN1C(=O)C(C)(C)c2ccccc21)c1ccncc1. The number of nitrogens with one attached hydrogen (secondary N) is 1. The van der Waals surface area contributed by atoms with Crippen LogP contribution in [0.2, 0.25) is 0 Å². The van der Waals surface area contributed by atoms with Crippen LogP contribution in [0.3, 0.4) is 0 Å². The Hall–Kier alpha value is -2.69. The highest BCUT2D eigenvalue weighted by molar-refractivity contribution is 6.10. The average Bonchev–Trinajstić information content (AvgIpc) is 2.77. The molecular formula is C19H21N3O2. The highest BCUT2D eigenvalue weighted by Gasteiger charge is 2.44. The van der Waals surface area contributed by atoms with Crippen LogP contribution in [0.25, 0.3) is 0 Å². The van der Waals surface area contributed by atoms with E-state index >= 15 is 0 Å². The number of carbonyl (C=O) groups excluding carboxylic acids is 2. The van der Waals surface area contributed by atoms with Crippen LogP contribution in [-0.4, -0.2) is 23.3 Å². The largest absolute Gasteiger partial charge is 0.348 e. The van der Waals surface area contributed by atoms with Gasteiger partial charge in [0.15, 0.2) is 0 Å². The van der Waals surface area contributed by atoms with Gasteiger partial charge in [-0.2, -0.15) is 0 Å². The molecule has 0 spiro atoms. The molecule has 2 heterocycles. The third kappa shape index (κ3) is 2.77. The molecule has 0 bridgehead atoms. The second-order valence-corrected chi connectivity index (χ2v) is 6.60. The Morgan fingerprint density at radius 1 is 1.21 bits per heavy atom. The number of nitrogens with zero attached hydrogens (tertiary/aromatic N) is 2. The van der Waals surface area contributed by atoms with Crippen molar-refractivity contribution in [2.24, 2.45) is 0 Å². The summed E-state index contributed by atoms with van der Waals surface area (Å²) in [5.74, 6) is -0.226. The molecule has 1 atom stereocenters. The molecule has 0 saturated heterocycles. The van der Waals surface area contributed by atoms with Crippen molar-refractivity contribution in [2.75, 3.05) is 11.4 Å². The maximum Gasteiger partial charge on any atom is 0.240 e. The van der Waals surface area contributed by atoms with Gasteiger partial charge in [-0.25, -0.2) is 0 Å². The van der Waals surface area contributed by atoms with E-state index in [0.717, 1.165) is 16.8 Å². The number of rotatable bonds is 4. The lowest BCUT2D eigenvalue weighted by Crippen LogP contribution is -2.43. The van der Waals surface area contributed by atoms with Crippen molar-refractivity contribution in [2.45, 2.75) is 32.2 Å². The molecule has 0 aliphatic carbocycles. The lowest BCUT2D eigenvalue weighted by molar-refractivity contribution is -0.125. The number of para-hydroxylation sites is 1. The predicted molar refractivity (Wildman–Crippen MR) is 92.6 cm³/mol. The third-order valence-electron chi connectivity index (χ3n) is 4.53. The van der Waals surface area contributed by atoms with E-state index in [4.69, 9.17) is 0 Å². The van der Waals surface area contributed by atoms with Gasteiger partial charge in [-0.15, -0.1) is 0 Å². The zero-order valence-electron chi connectivity index (χ0n) is 14.1. The molecule has 1 aromatic carbocycles. The number of fused-ring (bicyclic) bond motifs is 1. The first-order valence-corrected chi connectivity index (χ1v) is 8.02. The van der Waals surface area contributed by atoms with Crippen molar-refractivity contribution in [1.82, 2.24) is 10.3 Å². The van der Waals surface area contributed by atoms with Crippen molar-refractivity contribution in [3.05, 3.63) is 59.9 Å². The molecule has 1 aliphatic heterocycles. The van der Waals surface area contributed by atoms with E-state index in [9.17, 15) is 9.59 Å². The minimum Gasteiger partial charge on any atom is -0.348 e. The van der Waals surface area contributed by atoms with Gasteiger partial charge in [0.2, 0.25) is 11.8 Å². The quantitative estimate of drug-likeness (QED) is 0.940. The van der Waals surface area contributed by atoms with Gasteiger partial charge in [0.1, 0.15) is 6.54 Å². The Kier molecular flexibility index (Phi) is 4.09. The topological polar surface area (TPSA) is 62.3 Å². The summed E-state index contributed by atoms with van der Waals surface area (Å²) in [7, 11) is 0. The molecule has 3 rings (SSSR count). The molecule has 0 fully saturated rings. The number of aromatic nitrogens is 1. The fourth-order valence-electron chi connectivity index (χ4n) is 3.12. The van der Waals surface area contributed by atoms with Crippen LogP contribution in [0.4, 0.5) is 5.69 Å². The van der Waals surface area contributed by atoms with E-state index in [-0.39, 0.29) is 24.4 Å². The third-order valence-corrected chi connectivity index (χ3v) is 4.53. The van der Waals surface area contributed by atoms with Crippen molar-refractivity contribution >= 4 is 17.5 Å². The number of carbonyl (C=O) groups is 2. The summed E-state index contributed by atoms with van der Waals surface area (Å²) < 4.78 is 0. The number of hydrogen-bond donors (Lipinski definition) is 1. The highest BCUT2D eigenvalue weighted by Crippen LogP contribution is 2.40. The minimum atomic E-state index is -0.604. The zero-order valence-corrected chi connectivity index (χ0v) is 14.1. The van der Waals surface area contributed by atoms with Gasteiger partial charge in [-0.1, -0.05) is 18.2 Å². The number of pyridine rings is 1. The Balaban J connectivity index is 1.74. The molecular weight excluding hydrogens is 302 g/mol. The van der Waals surface area contributed by atoms with Gasteiger partial charge in [-0.3, -0.25) is 14.6 Å². The first kappa shape index (κ1) is 16.2. The molecule has 1 N–H and O–H groups in total. The normalized spacial score (nSPS) is 16.6. The summed E-state index contributed by atoms with van der Waals surface area (Å²) in [4.78, 5) is 30.7. The van der Waals surface area contributed by atoms with Crippen LogP contribution in [-0.2, 0) is 15.0 Å². The molecule has 1 unspecified atom stereocenters. The summed E-state index contributed by atoms with van der Waals surface area (Å²) in [5, 5.41) is 2.94. The van der Waals surface area contributed by atoms with E-state index in [2.05, 4.69) is 10.3 Å². The Labute approximate surface area is 141 Å². The first-order valence-electron chi connectivity index (χ1n) is 8.02. The summed E-state index contributed by atoms with van der Waals surface area (Å²) in [5.41, 5.74) is 2.16. The molecule has 24 heavy (non-hydrogen) atoms. The van der Waals surface area contributed by atoms with Crippen molar-refractivity contribution in [3.63, 3.8) is 0 Å². The average molecular weight is 323 g/mol. The number of hydrogen-bond acceptors (Lipinski definition) is 3. The van der Waals surface area contributed by atoms with E-state index < -0.39 is 5.41 Å². The van der Waals surface area contributed by atoms with Crippen LogP contribution in [0.15, 0.2) is 48.8 Å². The highest BCUT2D eigenvalue weighted by atomic mass is 16.2. The van der Waals surface area contributed by atoms with Gasteiger partial charge in [0.05, 0.1) is 11.5 Å². The lowest BCUT2D eigenvalue weighted by atomic mass is 9.86. The van der Waals surface area contributed by atoms with Crippen molar-refractivity contribution < 1.29 is 9.59 Å². The standard InChI is InChI=1S/C19H21N3O2/c1-13(14-8-10-20-11-9-14)21-17(23)12-22-16-7-5-4-6-15(16)19(2,3)18(22)24/h4-11,13H,12H2,1-3H3,(H,21,23). The van der Waals surface area contributed by atoms with E-state index in [1.54, 1.807) is 17.3 Å². The minimum absolute atomic E-state index is 0.0225. The molecule has 2 amide bonds. The monoisotopic (exact) mass is 323 g/mol. The predicted octanol–water partition coefficient (Wildman–Crippen LogP) is 2.58. The van der Waals surface area contributed by atoms with Crippen LogP contribution < -0.4 is 10.2 Å². The first-order chi connectivity index (χ1) is 11.4. The Morgan fingerprint density at radius 2 is 1.88 bits per heavy atom. The van der Waals surface area contributed by atoms with Crippen LogP contribution in [0, 0.1) is 0 Å². The second kappa shape index (κ2) is 6.07. The lowest BCUT2D eigenvalue weighted by Gasteiger charge is -2.21. The molecule has 2 aromatic rings. The van der Waals surface area contributed by atoms with Crippen LogP contribution >= 0.6 is 0 Å².